The van der Waals surface area contributed by atoms with Crippen LogP contribution in [0.4, 0.5) is 0 Å². The predicted octanol–water partition coefficient (Wildman–Crippen LogP) is 1.62. The molecule has 136 valence electrons. The van der Waals surface area contributed by atoms with Gasteiger partial charge in [0.1, 0.15) is 11.6 Å². The van der Waals surface area contributed by atoms with E-state index in [1.54, 1.807) is 8.87 Å². The summed E-state index contributed by atoms with van der Waals surface area (Å²) in [7, 11) is 1.33. The first kappa shape index (κ1) is 16.0. The van der Waals surface area contributed by atoms with Crippen molar-refractivity contribution in [1.82, 2.24) is 8.87 Å². The summed E-state index contributed by atoms with van der Waals surface area (Å²) in [6.07, 6.45) is 1.32. The van der Waals surface area contributed by atoms with E-state index in [1.165, 1.54) is 7.11 Å². The van der Waals surface area contributed by atoms with Gasteiger partial charge in [0, 0.05) is 18.4 Å². The second-order valence-electron chi connectivity index (χ2n) is 7.03. The predicted molar refractivity (Wildman–Crippen MR) is 93.3 cm³/mol. The van der Waals surface area contributed by atoms with Gasteiger partial charge in [0.05, 0.1) is 24.7 Å². The van der Waals surface area contributed by atoms with Crippen LogP contribution < -0.4 is 0 Å². The summed E-state index contributed by atoms with van der Waals surface area (Å²) in [4.78, 5) is 26.5. The molecule has 1 fully saturated rings. The number of amides is 1. The maximum absolute atomic E-state index is 13.1. The van der Waals surface area contributed by atoms with Crippen molar-refractivity contribution in [3.05, 3.63) is 35.5 Å². The Morgan fingerprint density at radius 1 is 1.38 bits per heavy atom. The number of methoxy groups -OCH3 is 1. The highest BCUT2D eigenvalue weighted by Crippen LogP contribution is 2.53. The first-order valence-electron chi connectivity index (χ1n) is 8.66. The summed E-state index contributed by atoms with van der Waals surface area (Å²) in [5.41, 5.74) is 1.77. The maximum atomic E-state index is 13.1. The lowest BCUT2D eigenvalue weighted by Crippen LogP contribution is -2.60. The second kappa shape index (κ2) is 5.40. The molecule has 4 heterocycles. The third kappa shape index (κ3) is 1.94. The minimum atomic E-state index is -1.77. The third-order valence-electron chi connectivity index (χ3n) is 5.79. The maximum Gasteiger partial charge on any atom is 0.308 e. The van der Waals surface area contributed by atoms with Gasteiger partial charge in [0.15, 0.2) is 0 Å². The summed E-state index contributed by atoms with van der Waals surface area (Å²) < 4.78 is 25.6. The number of carbonyl (C=O) groups is 2. The van der Waals surface area contributed by atoms with Crippen LogP contribution in [0.25, 0.3) is 10.9 Å². The van der Waals surface area contributed by atoms with Crippen LogP contribution in [0.15, 0.2) is 24.3 Å². The van der Waals surface area contributed by atoms with Crippen LogP contribution in [0.2, 0.25) is 0 Å². The number of hydrogen-bond donors (Lipinski definition) is 0. The van der Waals surface area contributed by atoms with Crippen LogP contribution in [0, 0.1) is 0 Å². The highest BCUT2D eigenvalue weighted by atomic mass is 32.2. The van der Waals surface area contributed by atoms with Crippen molar-refractivity contribution in [2.24, 2.45) is 0 Å². The molecule has 3 aliphatic heterocycles. The average Bonchev–Trinajstić information content (AvgIpc) is 2.99. The lowest BCUT2D eigenvalue weighted by Gasteiger charge is -2.52. The van der Waals surface area contributed by atoms with Gasteiger partial charge in [-0.15, -0.1) is 0 Å². The van der Waals surface area contributed by atoms with Gasteiger partial charge in [-0.05, 0) is 24.5 Å². The second-order valence-corrected chi connectivity index (χ2v) is 8.00. The van der Waals surface area contributed by atoms with Crippen LogP contribution in [0.1, 0.15) is 36.6 Å². The standard InChI is InChI=1S/C18H18N2O5S/c1-24-15(22)10-18-8-6-14(21)19-9-7-12-11-4-2-3-5-13(11)20(26(23)25-18)16(12)17(18)19/h2-5,17H,6-10H2,1H3/t17-,18-,26?/m1/s1. The highest BCUT2D eigenvalue weighted by Gasteiger charge is 2.58. The zero-order valence-electron chi connectivity index (χ0n) is 14.3. The number of esters is 1. The topological polar surface area (TPSA) is 77.8 Å². The quantitative estimate of drug-likeness (QED) is 0.747. The van der Waals surface area contributed by atoms with Crippen molar-refractivity contribution >= 4 is 34.0 Å². The molecule has 1 aromatic heterocycles. The number of ether oxygens (including phenoxy) is 1. The van der Waals surface area contributed by atoms with Gasteiger partial charge in [-0.2, -0.15) is 0 Å². The molecule has 8 heteroatoms. The van der Waals surface area contributed by atoms with Crippen LogP contribution in [0.3, 0.4) is 0 Å². The number of aromatic nitrogens is 1. The van der Waals surface area contributed by atoms with E-state index in [0.29, 0.717) is 19.4 Å². The molecule has 3 atom stereocenters. The summed E-state index contributed by atoms with van der Waals surface area (Å²) >= 11 is -1.77. The molecule has 2 aromatic rings. The van der Waals surface area contributed by atoms with Crippen molar-refractivity contribution in [2.45, 2.75) is 37.3 Å². The molecule has 5 rings (SSSR count). The summed E-state index contributed by atoms with van der Waals surface area (Å²) in [6.45, 7) is 0.573. The van der Waals surface area contributed by atoms with E-state index in [9.17, 15) is 13.8 Å². The van der Waals surface area contributed by atoms with E-state index in [-0.39, 0.29) is 18.7 Å². The lowest BCUT2D eigenvalue weighted by atomic mass is 9.76. The molecule has 0 aliphatic carbocycles. The van der Waals surface area contributed by atoms with Gasteiger partial charge in [0.2, 0.25) is 5.91 Å². The van der Waals surface area contributed by atoms with E-state index in [4.69, 9.17) is 8.92 Å². The molecule has 0 spiro atoms. The number of para-hydroxylation sites is 1. The first-order chi connectivity index (χ1) is 12.6. The van der Waals surface area contributed by atoms with Crippen molar-refractivity contribution in [3.63, 3.8) is 0 Å². The summed E-state index contributed by atoms with van der Waals surface area (Å²) in [6, 6.07) is 7.35. The van der Waals surface area contributed by atoms with Gasteiger partial charge in [-0.25, -0.2) is 8.18 Å². The molecule has 0 saturated carbocycles. The summed E-state index contributed by atoms with van der Waals surface area (Å²) in [5, 5.41) is 1.03. The largest absolute Gasteiger partial charge is 0.469 e. The fraction of sp³-hybridized carbons (Fsp3) is 0.444. The Balaban J connectivity index is 1.79. The lowest BCUT2D eigenvalue weighted by molar-refractivity contribution is -0.162. The molecule has 7 nitrogen and oxygen atoms in total. The smallest absolute Gasteiger partial charge is 0.308 e. The Labute approximate surface area is 152 Å². The normalized spacial score (nSPS) is 29.6. The zero-order valence-corrected chi connectivity index (χ0v) is 15.1. The van der Waals surface area contributed by atoms with E-state index in [1.807, 2.05) is 24.3 Å². The SMILES string of the molecule is COC(=O)C[C@@]12CCC(=O)N3CCc4c(n(c5ccccc45)S(=O)O1)[C@@H]32. The number of hydrogen-bond acceptors (Lipinski definition) is 5. The molecule has 0 radical (unpaired) electrons. The molecule has 3 aliphatic rings. The molecule has 1 amide bonds. The number of carbonyl (C=O) groups excluding carboxylic acids is 2. The van der Waals surface area contributed by atoms with Gasteiger partial charge < -0.3 is 9.64 Å². The van der Waals surface area contributed by atoms with E-state index in [2.05, 4.69) is 0 Å². The van der Waals surface area contributed by atoms with Gasteiger partial charge >= 0.3 is 5.97 Å². The average molecular weight is 374 g/mol. The van der Waals surface area contributed by atoms with Crippen LogP contribution in [-0.2, 0) is 36.2 Å². The Kier molecular flexibility index (Phi) is 3.33. The van der Waals surface area contributed by atoms with Gasteiger partial charge in [0.25, 0.3) is 11.3 Å². The number of fused-ring (bicyclic) bond motifs is 3. The van der Waals surface area contributed by atoms with Crippen molar-refractivity contribution in [3.8, 4) is 0 Å². The Morgan fingerprint density at radius 3 is 3.00 bits per heavy atom. The molecule has 0 bridgehead atoms. The van der Waals surface area contributed by atoms with Crippen molar-refractivity contribution in [1.29, 1.82) is 0 Å². The van der Waals surface area contributed by atoms with Crippen molar-refractivity contribution < 1.29 is 22.7 Å². The highest BCUT2D eigenvalue weighted by molar-refractivity contribution is 7.78. The molecular formula is C18H18N2O5S. The van der Waals surface area contributed by atoms with Gasteiger partial charge in [-0.3, -0.25) is 13.8 Å². The number of piperidine rings is 1. The number of benzene rings is 1. The van der Waals surface area contributed by atoms with E-state index < -0.39 is 28.9 Å². The third-order valence-corrected chi connectivity index (χ3v) is 6.95. The molecule has 1 saturated heterocycles. The first-order valence-corrected chi connectivity index (χ1v) is 9.69. The molecular weight excluding hydrogens is 356 g/mol. The molecule has 1 aromatic carbocycles. The minimum absolute atomic E-state index is 0.0232. The monoisotopic (exact) mass is 374 g/mol. The van der Waals surface area contributed by atoms with Crippen molar-refractivity contribution in [2.75, 3.05) is 13.7 Å². The molecule has 26 heavy (non-hydrogen) atoms. The fourth-order valence-corrected chi connectivity index (χ4v) is 5.99. The van der Waals surface area contributed by atoms with Crippen LogP contribution >= 0.6 is 0 Å². The van der Waals surface area contributed by atoms with E-state index in [0.717, 1.165) is 22.2 Å². The minimum Gasteiger partial charge on any atom is -0.469 e. The van der Waals surface area contributed by atoms with E-state index >= 15 is 0 Å². The molecule has 1 unspecified atom stereocenters. The molecule has 0 N–H and O–H groups in total. The van der Waals surface area contributed by atoms with Crippen LogP contribution in [-0.4, -0.2) is 44.2 Å². The number of rotatable bonds is 2. The Bertz CT molecular complexity index is 983. The Hall–Kier alpha value is -2.19. The Morgan fingerprint density at radius 2 is 2.19 bits per heavy atom. The summed E-state index contributed by atoms with van der Waals surface area (Å²) in [5.74, 6) is -0.373. The van der Waals surface area contributed by atoms with Gasteiger partial charge in [-0.1, -0.05) is 18.2 Å². The number of nitrogens with zero attached hydrogens (tertiary/aromatic N) is 2. The fourth-order valence-electron chi connectivity index (χ4n) is 4.70. The zero-order chi connectivity index (χ0) is 18.1. The van der Waals surface area contributed by atoms with Crippen LogP contribution in [0.5, 0.6) is 0 Å².